The number of nitrogens with one attached hydrogen (secondary N) is 1. The van der Waals surface area contributed by atoms with Crippen molar-refractivity contribution in [1.29, 1.82) is 0 Å². The Hall–Kier alpha value is -1.64. The Morgan fingerprint density at radius 1 is 1.25 bits per heavy atom. The zero-order valence-electron chi connectivity index (χ0n) is 6.78. The van der Waals surface area contributed by atoms with Gasteiger partial charge in [0.25, 0.3) is 0 Å². The first kappa shape index (κ1) is 7.03. The first-order valence-electron chi connectivity index (χ1n) is 3.78. The summed E-state index contributed by atoms with van der Waals surface area (Å²) in [6.07, 6.45) is 5.36. The molecule has 0 aliphatic carbocycles. The van der Waals surface area contributed by atoms with Crippen molar-refractivity contribution in [2.75, 3.05) is 0 Å². The standard InChI is InChI=1S/C9H9N3/c1-7-6-11-12-9(7)8-2-4-10-5-3-8/h2-6H,1H3,(H,11,12). The van der Waals surface area contributed by atoms with Crippen LogP contribution in [0, 0.1) is 6.92 Å². The fraction of sp³-hybridized carbons (Fsp3) is 0.111. The lowest BCUT2D eigenvalue weighted by atomic mass is 10.1. The maximum atomic E-state index is 3.95. The van der Waals surface area contributed by atoms with Crippen molar-refractivity contribution in [3.63, 3.8) is 0 Å². The van der Waals surface area contributed by atoms with Crippen LogP contribution in [-0.2, 0) is 0 Å². The minimum Gasteiger partial charge on any atom is -0.278 e. The predicted molar refractivity (Wildman–Crippen MR) is 46.6 cm³/mol. The van der Waals surface area contributed by atoms with Gasteiger partial charge in [-0.05, 0) is 24.6 Å². The lowest BCUT2D eigenvalue weighted by molar-refractivity contribution is 1.09. The van der Waals surface area contributed by atoms with Gasteiger partial charge >= 0.3 is 0 Å². The molecule has 2 rings (SSSR count). The van der Waals surface area contributed by atoms with E-state index in [1.165, 1.54) is 0 Å². The second kappa shape index (κ2) is 2.77. The third-order valence-electron chi connectivity index (χ3n) is 1.80. The number of hydrogen-bond acceptors (Lipinski definition) is 2. The first-order valence-corrected chi connectivity index (χ1v) is 3.78. The fourth-order valence-electron chi connectivity index (χ4n) is 1.16. The van der Waals surface area contributed by atoms with Crippen molar-refractivity contribution < 1.29 is 0 Å². The molecule has 0 atom stereocenters. The van der Waals surface area contributed by atoms with Gasteiger partial charge in [-0.25, -0.2) is 0 Å². The van der Waals surface area contributed by atoms with E-state index >= 15 is 0 Å². The number of hydrogen-bond donors (Lipinski definition) is 1. The van der Waals surface area contributed by atoms with Gasteiger partial charge in [-0.15, -0.1) is 0 Å². The summed E-state index contributed by atoms with van der Waals surface area (Å²) in [6.45, 7) is 2.03. The van der Waals surface area contributed by atoms with E-state index in [1.807, 2.05) is 25.3 Å². The summed E-state index contributed by atoms with van der Waals surface area (Å²) >= 11 is 0. The monoisotopic (exact) mass is 159 g/mol. The minimum absolute atomic E-state index is 1.07. The van der Waals surface area contributed by atoms with Crippen LogP contribution in [0.1, 0.15) is 5.56 Å². The largest absolute Gasteiger partial charge is 0.278 e. The molecule has 0 saturated carbocycles. The minimum atomic E-state index is 1.07. The molecule has 0 aliphatic rings. The van der Waals surface area contributed by atoms with Crippen molar-refractivity contribution in [3.8, 4) is 11.3 Å². The van der Waals surface area contributed by atoms with Gasteiger partial charge in [0.2, 0.25) is 0 Å². The fourth-order valence-corrected chi connectivity index (χ4v) is 1.16. The van der Waals surface area contributed by atoms with Crippen LogP contribution in [0.4, 0.5) is 0 Å². The molecule has 1 N–H and O–H groups in total. The van der Waals surface area contributed by atoms with E-state index in [0.717, 1.165) is 16.8 Å². The molecule has 2 aromatic rings. The molecule has 0 spiro atoms. The second-order valence-corrected chi connectivity index (χ2v) is 2.66. The molecule has 60 valence electrons. The molecule has 3 heteroatoms. The summed E-state index contributed by atoms with van der Waals surface area (Å²) in [4.78, 5) is 3.95. The van der Waals surface area contributed by atoms with Crippen LogP contribution in [0.15, 0.2) is 30.7 Å². The van der Waals surface area contributed by atoms with Crippen molar-refractivity contribution in [2.45, 2.75) is 6.92 Å². The van der Waals surface area contributed by atoms with E-state index in [4.69, 9.17) is 0 Å². The summed E-state index contributed by atoms with van der Waals surface area (Å²) in [6, 6.07) is 3.92. The molecule has 0 saturated heterocycles. The number of rotatable bonds is 1. The van der Waals surface area contributed by atoms with Crippen LogP contribution in [0.3, 0.4) is 0 Å². The predicted octanol–water partition coefficient (Wildman–Crippen LogP) is 1.78. The van der Waals surface area contributed by atoms with Gasteiger partial charge in [0.1, 0.15) is 0 Å². The van der Waals surface area contributed by atoms with Crippen molar-refractivity contribution in [3.05, 3.63) is 36.3 Å². The molecule has 0 aliphatic heterocycles. The van der Waals surface area contributed by atoms with Crippen molar-refractivity contribution >= 4 is 0 Å². The molecule has 0 bridgehead atoms. The first-order chi connectivity index (χ1) is 5.88. The molecule has 0 fully saturated rings. The molecule has 0 radical (unpaired) electrons. The Kier molecular flexibility index (Phi) is 1.63. The third kappa shape index (κ3) is 1.09. The maximum absolute atomic E-state index is 3.95. The van der Waals surface area contributed by atoms with Crippen LogP contribution >= 0.6 is 0 Å². The van der Waals surface area contributed by atoms with Crippen molar-refractivity contribution in [1.82, 2.24) is 15.2 Å². The van der Waals surface area contributed by atoms with E-state index in [9.17, 15) is 0 Å². The quantitative estimate of drug-likeness (QED) is 0.689. The lowest BCUT2D eigenvalue weighted by Crippen LogP contribution is -1.80. The van der Waals surface area contributed by atoms with Gasteiger partial charge in [0.05, 0.1) is 11.9 Å². The summed E-state index contributed by atoms with van der Waals surface area (Å²) < 4.78 is 0. The van der Waals surface area contributed by atoms with Crippen LogP contribution in [0.2, 0.25) is 0 Å². The molecule has 12 heavy (non-hydrogen) atoms. The number of aryl methyl sites for hydroxylation is 1. The summed E-state index contributed by atoms with van der Waals surface area (Å²) in [7, 11) is 0. The Bertz CT molecular complexity index is 364. The maximum Gasteiger partial charge on any atom is 0.0680 e. The van der Waals surface area contributed by atoms with Gasteiger partial charge in [0.15, 0.2) is 0 Å². The zero-order valence-corrected chi connectivity index (χ0v) is 6.78. The van der Waals surface area contributed by atoms with E-state index in [-0.39, 0.29) is 0 Å². The van der Waals surface area contributed by atoms with Crippen LogP contribution in [0.25, 0.3) is 11.3 Å². The zero-order chi connectivity index (χ0) is 8.39. The Labute approximate surface area is 70.5 Å². The molecule has 2 aromatic heterocycles. The highest BCUT2D eigenvalue weighted by Gasteiger charge is 2.01. The van der Waals surface area contributed by atoms with E-state index in [0.29, 0.717) is 0 Å². The normalized spacial score (nSPS) is 10.1. The number of aromatic amines is 1. The van der Waals surface area contributed by atoms with Crippen LogP contribution in [-0.4, -0.2) is 15.2 Å². The van der Waals surface area contributed by atoms with Crippen LogP contribution in [0.5, 0.6) is 0 Å². The smallest absolute Gasteiger partial charge is 0.0680 e. The average molecular weight is 159 g/mol. The molecular formula is C9H9N3. The number of nitrogens with zero attached hydrogens (tertiary/aromatic N) is 2. The Balaban J connectivity index is 2.51. The summed E-state index contributed by atoms with van der Waals surface area (Å²) in [5.41, 5.74) is 3.35. The Morgan fingerprint density at radius 3 is 2.58 bits per heavy atom. The highest BCUT2D eigenvalue weighted by Crippen LogP contribution is 2.18. The average Bonchev–Trinajstić information content (AvgIpc) is 2.53. The van der Waals surface area contributed by atoms with E-state index in [2.05, 4.69) is 15.2 Å². The topological polar surface area (TPSA) is 41.6 Å². The van der Waals surface area contributed by atoms with Gasteiger partial charge in [0, 0.05) is 18.0 Å². The van der Waals surface area contributed by atoms with Crippen molar-refractivity contribution in [2.24, 2.45) is 0 Å². The van der Waals surface area contributed by atoms with Gasteiger partial charge in [-0.1, -0.05) is 0 Å². The molecule has 0 amide bonds. The van der Waals surface area contributed by atoms with E-state index in [1.54, 1.807) is 12.4 Å². The molecule has 0 aromatic carbocycles. The molecular weight excluding hydrogens is 150 g/mol. The van der Waals surface area contributed by atoms with E-state index < -0.39 is 0 Å². The molecule has 0 unspecified atom stereocenters. The highest BCUT2D eigenvalue weighted by atomic mass is 15.1. The summed E-state index contributed by atoms with van der Waals surface area (Å²) in [5, 5.41) is 6.90. The Morgan fingerprint density at radius 2 is 2.00 bits per heavy atom. The van der Waals surface area contributed by atoms with Gasteiger partial charge < -0.3 is 0 Å². The number of pyridine rings is 1. The second-order valence-electron chi connectivity index (χ2n) is 2.66. The lowest BCUT2D eigenvalue weighted by Gasteiger charge is -1.96. The number of H-pyrrole nitrogens is 1. The summed E-state index contributed by atoms with van der Waals surface area (Å²) in [5.74, 6) is 0. The van der Waals surface area contributed by atoms with Crippen LogP contribution < -0.4 is 0 Å². The number of aromatic nitrogens is 3. The highest BCUT2D eigenvalue weighted by molar-refractivity contribution is 5.61. The molecule has 3 nitrogen and oxygen atoms in total. The van der Waals surface area contributed by atoms with Gasteiger partial charge in [-0.3, -0.25) is 10.1 Å². The third-order valence-corrected chi connectivity index (χ3v) is 1.80. The molecule has 2 heterocycles. The SMILES string of the molecule is Cc1cn[nH]c1-c1ccncc1. The van der Waals surface area contributed by atoms with Gasteiger partial charge in [-0.2, -0.15) is 5.10 Å².